The van der Waals surface area contributed by atoms with Crippen molar-refractivity contribution >= 4 is 11.6 Å². The number of aromatic nitrogens is 3. The summed E-state index contributed by atoms with van der Waals surface area (Å²) >= 11 is 0. The Kier molecular flexibility index (Phi) is 6.07. The van der Waals surface area contributed by atoms with Gasteiger partial charge in [-0.15, -0.1) is 0 Å². The zero-order valence-corrected chi connectivity index (χ0v) is 16.2. The largest absolute Gasteiger partial charge is 0.390 e. The van der Waals surface area contributed by atoms with Gasteiger partial charge in [-0.2, -0.15) is 5.10 Å². The van der Waals surface area contributed by atoms with Gasteiger partial charge in [-0.1, -0.05) is 0 Å². The van der Waals surface area contributed by atoms with Gasteiger partial charge in [0.1, 0.15) is 11.6 Å². The molecular weight excluding hydrogens is 366 g/mol. The minimum atomic E-state index is -2.58. The van der Waals surface area contributed by atoms with Crippen LogP contribution in [0.4, 0.5) is 14.6 Å². The molecular formula is C20H26F2N4O2. The maximum Gasteiger partial charge on any atom is 0.248 e. The highest BCUT2D eigenvalue weighted by Crippen LogP contribution is 2.34. The smallest absolute Gasteiger partial charge is 0.248 e. The lowest BCUT2D eigenvalue weighted by Crippen LogP contribution is -2.32. The van der Waals surface area contributed by atoms with Crippen LogP contribution in [0.1, 0.15) is 55.8 Å². The van der Waals surface area contributed by atoms with E-state index in [9.17, 15) is 18.7 Å². The van der Waals surface area contributed by atoms with E-state index in [1.54, 1.807) is 17.8 Å². The number of aryl methyl sites for hydroxylation is 2. The molecule has 28 heavy (non-hydrogen) atoms. The van der Waals surface area contributed by atoms with Crippen molar-refractivity contribution in [3.05, 3.63) is 35.2 Å². The molecule has 0 bridgehead atoms. The van der Waals surface area contributed by atoms with Gasteiger partial charge < -0.3 is 15.2 Å². The van der Waals surface area contributed by atoms with E-state index < -0.39 is 5.92 Å². The highest BCUT2D eigenvalue weighted by Gasteiger charge is 2.35. The number of alkyl halides is 2. The summed E-state index contributed by atoms with van der Waals surface area (Å²) in [4.78, 5) is 16.0. The number of pyridine rings is 1. The first kappa shape index (κ1) is 20.4. The number of nitrogens with one attached hydrogen (secondary N) is 1. The van der Waals surface area contributed by atoms with Crippen molar-refractivity contribution < 1.29 is 18.7 Å². The van der Waals surface area contributed by atoms with E-state index >= 15 is 0 Å². The van der Waals surface area contributed by atoms with Gasteiger partial charge in [-0.25, -0.2) is 18.4 Å². The van der Waals surface area contributed by atoms with E-state index in [4.69, 9.17) is 0 Å². The molecule has 8 heteroatoms. The quantitative estimate of drug-likeness (QED) is 0.753. The van der Waals surface area contributed by atoms with Gasteiger partial charge in [0.2, 0.25) is 5.92 Å². The SMILES string of the molecule is CC(=O)CCc1cc(NC2CCC(F)(F)CC2)nc(-n2cc(C)c(CO)n2)c1. The summed E-state index contributed by atoms with van der Waals surface area (Å²) in [7, 11) is 0. The van der Waals surface area contributed by atoms with Crippen molar-refractivity contribution in [1.29, 1.82) is 0 Å². The second-order valence-electron chi connectivity index (χ2n) is 7.56. The summed E-state index contributed by atoms with van der Waals surface area (Å²) in [5.41, 5.74) is 2.34. The third-order valence-corrected chi connectivity index (χ3v) is 5.09. The minimum absolute atomic E-state index is 0.0598. The molecule has 0 saturated heterocycles. The molecule has 1 aliphatic carbocycles. The number of hydrogen-bond donors (Lipinski definition) is 2. The van der Waals surface area contributed by atoms with Crippen LogP contribution in [-0.2, 0) is 17.8 Å². The summed E-state index contributed by atoms with van der Waals surface area (Å²) in [6, 6.07) is 3.66. The number of aliphatic hydroxyl groups is 1. The summed E-state index contributed by atoms with van der Waals surface area (Å²) in [6.45, 7) is 3.24. The number of hydrogen-bond acceptors (Lipinski definition) is 5. The van der Waals surface area contributed by atoms with Crippen LogP contribution in [0.25, 0.3) is 5.82 Å². The molecule has 2 aromatic rings. The van der Waals surface area contributed by atoms with Gasteiger partial charge in [-0.3, -0.25) is 0 Å². The van der Waals surface area contributed by atoms with Crippen molar-refractivity contribution in [2.45, 2.75) is 70.9 Å². The predicted octanol–water partition coefficient (Wildman–Crippen LogP) is 3.58. The Morgan fingerprint density at radius 2 is 2.07 bits per heavy atom. The number of aliphatic hydroxyl groups excluding tert-OH is 1. The normalized spacial score (nSPS) is 16.9. The minimum Gasteiger partial charge on any atom is -0.390 e. The maximum atomic E-state index is 13.4. The highest BCUT2D eigenvalue weighted by atomic mass is 19.3. The van der Waals surface area contributed by atoms with E-state index in [0.717, 1.165) is 11.1 Å². The first-order valence-corrected chi connectivity index (χ1v) is 9.57. The van der Waals surface area contributed by atoms with Crippen LogP contribution in [0.15, 0.2) is 18.3 Å². The number of rotatable bonds is 7. The summed E-state index contributed by atoms with van der Waals surface area (Å²) in [5, 5.41) is 17.0. The third kappa shape index (κ3) is 5.13. The van der Waals surface area contributed by atoms with Crippen LogP contribution in [0.5, 0.6) is 0 Å². The molecule has 0 atom stereocenters. The first-order chi connectivity index (χ1) is 13.3. The molecule has 1 fully saturated rings. The van der Waals surface area contributed by atoms with Crippen molar-refractivity contribution in [2.75, 3.05) is 5.32 Å². The first-order valence-electron chi connectivity index (χ1n) is 9.57. The fraction of sp³-hybridized carbons (Fsp3) is 0.550. The number of nitrogens with zero attached hydrogens (tertiary/aromatic N) is 3. The molecule has 0 radical (unpaired) electrons. The number of anilines is 1. The van der Waals surface area contributed by atoms with Gasteiger partial charge in [0.05, 0.1) is 12.3 Å². The van der Waals surface area contributed by atoms with E-state index in [1.807, 2.05) is 19.1 Å². The Hall–Kier alpha value is -2.35. The Balaban J connectivity index is 1.85. The molecule has 0 amide bonds. The molecule has 0 unspecified atom stereocenters. The third-order valence-electron chi connectivity index (χ3n) is 5.09. The molecule has 2 heterocycles. The second kappa shape index (κ2) is 8.34. The standard InChI is InChI=1S/C20H26F2N4O2/c1-13-11-26(25-17(13)12-27)19-10-15(4-3-14(2)28)9-18(24-19)23-16-5-7-20(21,22)8-6-16/h9-11,16,27H,3-8,12H2,1-2H3,(H,23,24). The van der Waals surface area contributed by atoms with E-state index in [2.05, 4.69) is 15.4 Å². The lowest BCUT2D eigenvalue weighted by molar-refractivity contribution is -0.116. The highest BCUT2D eigenvalue weighted by molar-refractivity contribution is 5.75. The molecule has 1 saturated carbocycles. The van der Waals surface area contributed by atoms with Gasteiger partial charge >= 0.3 is 0 Å². The molecule has 0 aromatic carbocycles. The average molecular weight is 392 g/mol. The van der Waals surface area contributed by atoms with Crippen molar-refractivity contribution in [3.8, 4) is 5.82 Å². The maximum absolute atomic E-state index is 13.4. The fourth-order valence-electron chi connectivity index (χ4n) is 3.39. The topological polar surface area (TPSA) is 80.0 Å². The van der Waals surface area contributed by atoms with Crippen molar-refractivity contribution in [3.63, 3.8) is 0 Å². The van der Waals surface area contributed by atoms with Gasteiger partial charge in [0.25, 0.3) is 0 Å². The number of halogens is 2. The molecule has 3 rings (SSSR count). The van der Waals surface area contributed by atoms with Crippen LogP contribution in [-0.4, -0.2) is 37.6 Å². The van der Waals surface area contributed by atoms with Gasteiger partial charge in [0, 0.05) is 31.5 Å². The molecule has 6 nitrogen and oxygen atoms in total. The average Bonchev–Trinajstić information content (AvgIpc) is 3.02. The van der Waals surface area contributed by atoms with Gasteiger partial charge in [-0.05, 0) is 56.4 Å². The van der Waals surface area contributed by atoms with Crippen LogP contribution < -0.4 is 5.32 Å². The van der Waals surface area contributed by atoms with E-state index in [0.29, 0.717) is 43.0 Å². The lowest BCUT2D eigenvalue weighted by atomic mass is 9.92. The summed E-state index contributed by atoms with van der Waals surface area (Å²) in [5.74, 6) is -1.33. The van der Waals surface area contributed by atoms with Gasteiger partial charge in [0.15, 0.2) is 5.82 Å². The Morgan fingerprint density at radius 3 is 2.68 bits per heavy atom. The molecule has 2 aromatic heterocycles. The Morgan fingerprint density at radius 1 is 1.36 bits per heavy atom. The van der Waals surface area contributed by atoms with Crippen LogP contribution >= 0.6 is 0 Å². The zero-order chi connectivity index (χ0) is 20.3. The van der Waals surface area contributed by atoms with E-state index in [-0.39, 0.29) is 31.3 Å². The summed E-state index contributed by atoms with van der Waals surface area (Å²) in [6.07, 6.45) is 3.29. The van der Waals surface area contributed by atoms with Crippen molar-refractivity contribution in [1.82, 2.24) is 14.8 Å². The number of carbonyl (C=O) groups excluding carboxylic acids is 1. The van der Waals surface area contributed by atoms with E-state index in [1.165, 1.54) is 0 Å². The number of carbonyl (C=O) groups is 1. The van der Waals surface area contributed by atoms with Crippen LogP contribution in [0.3, 0.4) is 0 Å². The Bertz CT molecular complexity index is 841. The summed E-state index contributed by atoms with van der Waals surface area (Å²) < 4.78 is 28.4. The zero-order valence-electron chi connectivity index (χ0n) is 16.2. The lowest BCUT2D eigenvalue weighted by Gasteiger charge is -2.29. The molecule has 0 aliphatic heterocycles. The fourth-order valence-corrected chi connectivity index (χ4v) is 3.39. The molecule has 152 valence electrons. The molecule has 2 N–H and O–H groups in total. The number of Topliss-reactive ketones (excluding diaryl/α,β-unsaturated/α-hetero) is 1. The van der Waals surface area contributed by atoms with Crippen LogP contribution in [0.2, 0.25) is 0 Å². The monoisotopic (exact) mass is 392 g/mol. The molecule has 1 aliphatic rings. The predicted molar refractivity (Wildman–Crippen MR) is 102 cm³/mol. The Labute approximate surface area is 163 Å². The molecule has 0 spiro atoms. The van der Waals surface area contributed by atoms with Crippen molar-refractivity contribution in [2.24, 2.45) is 0 Å². The second-order valence-corrected chi connectivity index (χ2v) is 7.56. The number of ketones is 1. The van der Waals surface area contributed by atoms with Crippen LogP contribution in [0, 0.1) is 6.92 Å².